The Balaban J connectivity index is 2.82. The fourth-order valence-electron chi connectivity index (χ4n) is 1.78. The van der Waals surface area contributed by atoms with Gasteiger partial charge in [-0.05, 0) is 31.2 Å². The van der Waals surface area contributed by atoms with E-state index >= 15 is 0 Å². The molecule has 0 bridgehead atoms. The highest BCUT2D eigenvalue weighted by molar-refractivity contribution is 5.92. The van der Waals surface area contributed by atoms with E-state index in [9.17, 15) is 0 Å². The quantitative estimate of drug-likeness (QED) is 0.727. The summed E-state index contributed by atoms with van der Waals surface area (Å²) in [6.07, 6.45) is 0. The summed E-state index contributed by atoms with van der Waals surface area (Å²) in [6.45, 7) is 1.98. The molecule has 16 heavy (non-hydrogen) atoms. The van der Waals surface area contributed by atoms with Crippen molar-refractivity contribution in [3.63, 3.8) is 0 Å². The second kappa shape index (κ2) is 3.82. The average Bonchev–Trinajstić information content (AvgIpc) is 2.27. The van der Waals surface area contributed by atoms with Gasteiger partial charge in [0, 0.05) is 30.9 Å². The molecule has 2 aromatic rings. The second-order valence-electron chi connectivity index (χ2n) is 4.02. The van der Waals surface area contributed by atoms with Crippen molar-refractivity contribution < 1.29 is 0 Å². The monoisotopic (exact) mass is 211 g/mol. The summed E-state index contributed by atoms with van der Waals surface area (Å²) in [5, 5.41) is 9.92. The van der Waals surface area contributed by atoms with Gasteiger partial charge in [0.25, 0.3) is 0 Å². The zero-order valence-corrected chi connectivity index (χ0v) is 9.65. The van der Waals surface area contributed by atoms with E-state index in [4.69, 9.17) is 5.26 Å². The number of aryl methyl sites for hydroxylation is 1. The number of nitriles is 1. The van der Waals surface area contributed by atoms with Gasteiger partial charge in [0.15, 0.2) is 0 Å². The van der Waals surface area contributed by atoms with E-state index in [1.54, 1.807) is 6.07 Å². The summed E-state index contributed by atoms with van der Waals surface area (Å²) < 4.78 is 0. The average molecular weight is 211 g/mol. The number of hydrogen-bond donors (Lipinski definition) is 0. The van der Waals surface area contributed by atoms with Gasteiger partial charge < -0.3 is 4.90 Å². The third kappa shape index (κ3) is 1.70. The first-order valence-corrected chi connectivity index (χ1v) is 5.10. The number of hydrogen-bond acceptors (Lipinski definition) is 3. The molecule has 0 unspecified atom stereocenters. The Bertz CT molecular complexity index is 579. The van der Waals surface area contributed by atoms with Crippen LogP contribution >= 0.6 is 0 Å². The first-order valence-electron chi connectivity index (χ1n) is 5.10. The van der Waals surface area contributed by atoms with Crippen molar-refractivity contribution in [1.82, 2.24) is 4.98 Å². The van der Waals surface area contributed by atoms with Crippen LogP contribution in [0.25, 0.3) is 10.9 Å². The van der Waals surface area contributed by atoms with Crippen LogP contribution in [0, 0.1) is 18.3 Å². The molecular formula is C13H13N3. The Morgan fingerprint density at radius 3 is 2.62 bits per heavy atom. The predicted molar refractivity (Wildman–Crippen MR) is 65.5 cm³/mol. The van der Waals surface area contributed by atoms with E-state index in [1.807, 2.05) is 44.1 Å². The first-order chi connectivity index (χ1) is 7.61. The van der Waals surface area contributed by atoms with Gasteiger partial charge in [0.2, 0.25) is 0 Å². The van der Waals surface area contributed by atoms with Gasteiger partial charge in [-0.15, -0.1) is 0 Å². The molecule has 2 rings (SSSR count). The third-order valence-electron chi connectivity index (χ3n) is 2.53. The van der Waals surface area contributed by atoms with E-state index in [0.29, 0.717) is 5.56 Å². The molecule has 1 aromatic carbocycles. The molecule has 0 saturated carbocycles. The Hall–Kier alpha value is -2.08. The van der Waals surface area contributed by atoms with Crippen LogP contribution in [0.3, 0.4) is 0 Å². The number of anilines is 1. The van der Waals surface area contributed by atoms with Crippen LogP contribution in [0.15, 0.2) is 24.3 Å². The summed E-state index contributed by atoms with van der Waals surface area (Å²) in [5.41, 5.74) is 3.68. The molecule has 0 aliphatic heterocycles. The lowest BCUT2D eigenvalue weighted by Crippen LogP contribution is -2.10. The molecule has 0 fully saturated rings. The molecule has 80 valence electrons. The highest BCUT2D eigenvalue weighted by atomic mass is 15.1. The molecule has 0 aliphatic carbocycles. The highest BCUT2D eigenvalue weighted by Crippen LogP contribution is 2.26. The molecule has 0 aliphatic rings. The Kier molecular flexibility index (Phi) is 2.49. The summed E-state index contributed by atoms with van der Waals surface area (Å²) in [4.78, 5) is 6.50. The standard InChI is InChI=1S/C13H13N3/c1-9-6-13(16(2)3)11-7-10(8-14)4-5-12(11)15-9/h4-7H,1-3H3. The van der Waals surface area contributed by atoms with Gasteiger partial charge in [-0.3, -0.25) is 4.98 Å². The van der Waals surface area contributed by atoms with Crippen LogP contribution in [-0.2, 0) is 0 Å². The summed E-state index contributed by atoms with van der Waals surface area (Å²) in [5.74, 6) is 0. The van der Waals surface area contributed by atoms with Gasteiger partial charge in [0.05, 0.1) is 17.1 Å². The topological polar surface area (TPSA) is 39.9 Å². The molecule has 1 aromatic heterocycles. The van der Waals surface area contributed by atoms with Gasteiger partial charge in [-0.2, -0.15) is 5.26 Å². The Morgan fingerprint density at radius 2 is 2.00 bits per heavy atom. The smallest absolute Gasteiger partial charge is 0.0991 e. The molecule has 3 heteroatoms. The Labute approximate surface area is 94.9 Å². The lowest BCUT2D eigenvalue weighted by molar-refractivity contribution is 1.12. The number of rotatable bonds is 1. The molecule has 0 amide bonds. The maximum Gasteiger partial charge on any atom is 0.0991 e. The maximum absolute atomic E-state index is 8.90. The van der Waals surface area contributed by atoms with Gasteiger partial charge >= 0.3 is 0 Å². The van der Waals surface area contributed by atoms with E-state index in [-0.39, 0.29) is 0 Å². The third-order valence-corrected chi connectivity index (χ3v) is 2.53. The van der Waals surface area contributed by atoms with Crippen LogP contribution < -0.4 is 4.90 Å². The minimum Gasteiger partial charge on any atom is -0.377 e. The first kappa shape index (κ1) is 10.4. The van der Waals surface area contributed by atoms with Crippen LogP contribution in [0.5, 0.6) is 0 Å². The molecule has 0 atom stereocenters. The van der Waals surface area contributed by atoms with Crippen molar-refractivity contribution in [1.29, 1.82) is 5.26 Å². The highest BCUT2D eigenvalue weighted by Gasteiger charge is 2.06. The number of pyridine rings is 1. The number of fused-ring (bicyclic) bond motifs is 1. The fourth-order valence-corrected chi connectivity index (χ4v) is 1.78. The number of nitrogens with zero attached hydrogens (tertiary/aromatic N) is 3. The van der Waals surface area contributed by atoms with E-state index in [1.165, 1.54) is 0 Å². The molecule has 1 heterocycles. The van der Waals surface area contributed by atoms with Crippen molar-refractivity contribution in [3.05, 3.63) is 35.5 Å². The maximum atomic E-state index is 8.90. The lowest BCUT2D eigenvalue weighted by atomic mass is 10.1. The van der Waals surface area contributed by atoms with E-state index in [2.05, 4.69) is 11.1 Å². The zero-order chi connectivity index (χ0) is 11.7. The second-order valence-corrected chi connectivity index (χ2v) is 4.02. The number of benzene rings is 1. The zero-order valence-electron chi connectivity index (χ0n) is 9.65. The van der Waals surface area contributed by atoms with E-state index in [0.717, 1.165) is 22.3 Å². The van der Waals surface area contributed by atoms with Crippen molar-refractivity contribution in [3.8, 4) is 6.07 Å². The van der Waals surface area contributed by atoms with Gasteiger partial charge in [-0.1, -0.05) is 0 Å². The minimum atomic E-state index is 0.668. The van der Waals surface area contributed by atoms with Gasteiger partial charge in [-0.25, -0.2) is 0 Å². The molecule has 3 nitrogen and oxygen atoms in total. The van der Waals surface area contributed by atoms with E-state index < -0.39 is 0 Å². The predicted octanol–water partition coefficient (Wildman–Crippen LogP) is 2.48. The van der Waals surface area contributed by atoms with Crippen molar-refractivity contribution in [2.75, 3.05) is 19.0 Å². The van der Waals surface area contributed by atoms with Crippen LogP contribution in [0.1, 0.15) is 11.3 Å². The van der Waals surface area contributed by atoms with Crippen molar-refractivity contribution >= 4 is 16.6 Å². The molecule has 0 radical (unpaired) electrons. The Morgan fingerprint density at radius 1 is 1.25 bits per heavy atom. The molecule has 0 saturated heterocycles. The van der Waals surface area contributed by atoms with Crippen LogP contribution in [0.2, 0.25) is 0 Å². The SMILES string of the molecule is Cc1cc(N(C)C)c2cc(C#N)ccc2n1. The number of aromatic nitrogens is 1. The summed E-state index contributed by atoms with van der Waals surface area (Å²) >= 11 is 0. The molecule has 0 N–H and O–H groups in total. The van der Waals surface area contributed by atoms with Crippen LogP contribution in [0.4, 0.5) is 5.69 Å². The van der Waals surface area contributed by atoms with Crippen molar-refractivity contribution in [2.45, 2.75) is 6.92 Å². The molecule has 0 spiro atoms. The summed E-state index contributed by atoms with van der Waals surface area (Å²) in [7, 11) is 3.99. The largest absolute Gasteiger partial charge is 0.377 e. The lowest BCUT2D eigenvalue weighted by Gasteiger charge is -2.16. The molecular weight excluding hydrogens is 198 g/mol. The van der Waals surface area contributed by atoms with Gasteiger partial charge in [0.1, 0.15) is 0 Å². The normalized spacial score (nSPS) is 10.1. The van der Waals surface area contributed by atoms with Crippen LogP contribution in [-0.4, -0.2) is 19.1 Å². The summed E-state index contributed by atoms with van der Waals surface area (Å²) in [6, 6.07) is 9.77. The van der Waals surface area contributed by atoms with Crippen molar-refractivity contribution in [2.24, 2.45) is 0 Å². The fraction of sp³-hybridized carbons (Fsp3) is 0.231. The minimum absolute atomic E-state index is 0.668.